The quantitative estimate of drug-likeness (QED) is 0.0339. The summed E-state index contributed by atoms with van der Waals surface area (Å²) in [5.41, 5.74) is 0. The lowest BCUT2D eigenvalue weighted by molar-refractivity contribution is -0.151. The highest BCUT2D eigenvalue weighted by atomic mass is 16.6. The van der Waals surface area contributed by atoms with E-state index in [1.807, 2.05) is 0 Å². The molecular weight excluding hydrogens is 1220 g/mol. The van der Waals surface area contributed by atoms with Crippen LogP contribution >= 0.6 is 0 Å². The molecule has 98 heavy (non-hydrogen) atoms. The molecular formula is C86H168N2O10. The second kappa shape index (κ2) is 78.8. The number of ether oxygens (including phenoxy) is 4. The van der Waals surface area contributed by atoms with Crippen LogP contribution in [0.5, 0.6) is 0 Å². The third kappa shape index (κ3) is 70.7. The lowest BCUT2D eigenvalue weighted by Crippen LogP contribution is -2.29. The first kappa shape index (κ1) is 95.7. The highest BCUT2D eigenvalue weighted by Gasteiger charge is 2.18. The minimum Gasteiger partial charge on any atom is -0.466 e. The Balaban J connectivity index is 4.26. The monoisotopic (exact) mass is 1390 g/mol. The highest BCUT2D eigenvalue weighted by molar-refractivity contribution is 5.70. The molecule has 12 heteroatoms. The van der Waals surface area contributed by atoms with Crippen LogP contribution in [0.1, 0.15) is 446 Å². The van der Waals surface area contributed by atoms with E-state index in [0.717, 1.165) is 212 Å². The van der Waals surface area contributed by atoms with Crippen LogP contribution < -0.4 is 0 Å². The van der Waals surface area contributed by atoms with Crippen molar-refractivity contribution in [2.45, 2.75) is 458 Å². The molecule has 0 spiro atoms. The molecule has 0 rings (SSSR count). The fourth-order valence-corrected chi connectivity index (χ4v) is 14.3. The Morgan fingerprint density at radius 3 is 0.776 bits per heavy atom. The summed E-state index contributed by atoms with van der Waals surface area (Å²) in [5, 5.41) is 19.4. The summed E-state index contributed by atoms with van der Waals surface area (Å²) in [7, 11) is 0. The van der Waals surface area contributed by atoms with Gasteiger partial charge in [0.1, 0.15) is 12.2 Å². The van der Waals surface area contributed by atoms with Gasteiger partial charge in [0.15, 0.2) is 0 Å². The molecule has 2 atom stereocenters. The fraction of sp³-hybridized carbons (Fsp3) is 0.953. The Labute approximate surface area is 608 Å². The van der Waals surface area contributed by atoms with Crippen molar-refractivity contribution in [1.29, 1.82) is 0 Å². The zero-order valence-corrected chi connectivity index (χ0v) is 66.1. The van der Waals surface area contributed by atoms with Crippen LogP contribution in [0.15, 0.2) is 0 Å². The van der Waals surface area contributed by atoms with Crippen molar-refractivity contribution in [2.75, 3.05) is 65.7 Å². The van der Waals surface area contributed by atoms with Gasteiger partial charge >= 0.3 is 23.9 Å². The molecule has 0 bridgehead atoms. The van der Waals surface area contributed by atoms with E-state index in [1.54, 1.807) is 0 Å². The summed E-state index contributed by atoms with van der Waals surface area (Å²) in [6.07, 6.45) is 72.7. The zero-order chi connectivity index (χ0) is 71.4. The van der Waals surface area contributed by atoms with Gasteiger partial charge in [-0.25, -0.2) is 0 Å². The van der Waals surface area contributed by atoms with Crippen LogP contribution in [-0.4, -0.2) is 122 Å². The lowest BCUT2D eigenvalue weighted by Gasteiger charge is -2.21. The summed E-state index contributed by atoms with van der Waals surface area (Å²) in [6, 6.07) is 0. The van der Waals surface area contributed by atoms with Gasteiger partial charge < -0.3 is 39.0 Å². The van der Waals surface area contributed by atoms with Crippen molar-refractivity contribution in [3.05, 3.63) is 0 Å². The first-order chi connectivity index (χ1) is 48.1. The number of carbonyl (C=O) groups excluding carboxylic acids is 4. The SMILES string of the molecule is CCCCCCCCCCCOC(=O)CCCCCN(CCO)CCCCCCCC(=O)OC(CCCCCCCC)CCCCCCCCC(CCC)CCCCCOC(=O)CCCCCCCN(CCO)CCCCCC(=O)OC(CCCCCCCC)CCCCCCCC. The van der Waals surface area contributed by atoms with E-state index in [4.69, 9.17) is 18.9 Å². The number of carbonyl (C=O) groups is 4. The summed E-state index contributed by atoms with van der Waals surface area (Å²) in [6.45, 7) is 18.1. The molecule has 0 aromatic rings. The van der Waals surface area contributed by atoms with E-state index >= 15 is 0 Å². The molecule has 582 valence electrons. The van der Waals surface area contributed by atoms with Gasteiger partial charge in [0.25, 0.3) is 0 Å². The molecule has 0 aromatic carbocycles. The maximum Gasteiger partial charge on any atom is 0.306 e. The van der Waals surface area contributed by atoms with E-state index < -0.39 is 0 Å². The van der Waals surface area contributed by atoms with Crippen LogP contribution in [-0.2, 0) is 38.1 Å². The van der Waals surface area contributed by atoms with Gasteiger partial charge in [-0.15, -0.1) is 0 Å². The lowest BCUT2D eigenvalue weighted by atomic mass is 9.91. The molecule has 0 saturated heterocycles. The highest BCUT2D eigenvalue weighted by Crippen LogP contribution is 2.25. The number of hydrogen-bond donors (Lipinski definition) is 2. The Kier molecular flexibility index (Phi) is 77.0. The Morgan fingerprint density at radius 2 is 0.480 bits per heavy atom. The molecule has 0 fully saturated rings. The Morgan fingerprint density at radius 1 is 0.245 bits per heavy atom. The van der Waals surface area contributed by atoms with Gasteiger partial charge in [0, 0.05) is 38.8 Å². The standard InChI is InChI=1S/C86H168N2O10/c1-6-11-15-19-23-24-27-39-57-78-95-84(92)67-51-40-55-72-87(74-76-89)71-54-38-29-36-50-68-85(93)97-82(64-47-33-22-18-14-9-4)65-48-34-26-25-30-43-60-80(59-10-5)61-44-42-58-79-96-83(91)66-49-35-28-37-53-70-88(75-77-90)73-56-41-52-69-86(94)98-81(62-45-31-20-16-12-7-2)63-46-32-21-17-13-8-3/h80-82,89-90H,6-79H2,1-5H3. The number of aliphatic hydroxyl groups is 2. The minimum absolute atomic E-state index is 0.00725. The first-order valence-corrected chi connectivity index (χ1v) is 43.5. The van der Waals surface area contributed by atoms with Crippen LogP contribution in [0.3, 0.4) is 0 Å². The predicted octanol–water partition coefficient (Wildman–Crippen LogP) is 24.2. The van der Waals surface area contributed by atoms with Crippen LogP contribution in [0.25, 0.3) is 0 Å². The molecule has 0 amide bonds. The van der Waals surface area contributed by atoms with E-state index in [9.17, 15) is 29.4 Å². The second-order valence-electron chi connectivity index (χ2n) is 30.2. The van der Waals surface area contributed by atoms with Gasteiger partial charge in [-0.2, -0.15) is 0 Å². The molecule has 0 aromatic heterocycles. The summed E-state index contributed by atoms with van der Waals surface area (Å²) < 4.78 is 23.4. The number of aliphatic hydroxyl groups excluding tert-OH is 2. The van der Waals surface area contributed by atoms with Crippen molar-refractivity contribution in [3.63, 3.8) is 0 Å². The largest absolute Gasteiger partial charge is 0.466 e. The Bertz CT molecular complexity index is 1640. The maximum absolute atomic E-state index is 13.1. The van der Waals surface area contributed by atoms with Crippen molar-refractivity contribution in [1.82, 2.24) is 9.80 Å². The first-order valence-electron chi connectivity index (χ1n) is 43.5. The molecule has 2 unspecified atom stereocenters. The van der Waals surface area contributed by atoms with Crippen molar-refractivity contribution in [2.24, 2.45) is 5.92 Å². The van der Waals surface area contributed by atoms with Gasteiger partial charge in [-0.05, 0) is 148 Å². The molecule has 0 heterocycles. The maximum atomic E-state index is 13.1. The van der Waals surface area contributed by atoms with Crippen LogP contribution in [0, 0.1) is 5.92 Å². The Hall–Kier alpha value is -2.28. The van der Waals surface area contributed by atoms with Gasteiger partial charge in [-0.3, -0.25) is 19.2 Å². The number of rotatable bonds is 82. The molecule has 12 nitrogen and oxygen atoms in total. The fourth-order valence-electron chi connectivity index (χ4n) is 14.3. The van der Waals surface area contributed by atoms with Crippen molar-refractivity contribution < 1.29 is 48.3 Å². The third-order valence-electron chi connectivity index (χ3n) is 20.6. The molecule has 0 saturated carbocycles. The molecule has 0 aliphatic heterocycles. The van der Waals surface area contributed by atoms with Crippen LogP contribution in [0.4, 0.5) is 0 Å². The predicted molar refractivity (Wildman–Crippen MR) is 416 cm³/mol. The van der Waals surface area contributed by atoms with E-state index in [0.29, 0.717) is 52.0 Å². The number of nitrogens with zero attached hydrogens (tertiary/aromatic N) is 2. The number of hydrogen-bond acceptors (Lipinski definition) is 12. The molecule has 0 aliphatic carbocycles. The normalized spacial score (nSPS) is 12.3. The molecule has 2 N–H and O–H groups in total. The van der Waals surface area contributed by atoms with E-state index in [1.165, 1.54) is 205 Å². The number of esters is 4. The molecule has 0 radical (unpaired) electrons. The zero-order valence-electron chi connectivity index (χ0n) is 66.1. The van der Waals surface area contributed by atoms with Crippen LogP contribution in [0.2, 0.25) is 0 Å². The average molecular weight is 1390 g/mol. The molecule has 0 aliphatic rings. The van der Waals surface area contributed by atoms with E-state index in [2.05, 4.69) is 44.4 Å². The average Bonchev–Trinajstić information content (AvgIpc) is 3.50. The van der Waals surface area contributed by atoms with Crippen molar-refractivity contribution >= 4 is 23.9 Å². The third-order valence-corrected chi connectivity index (χ3v) is 20.6. The van der Waals surface area contributed by atoms with Crippen molar-refractivity contribution in [3.8, 4) is 0 Å². The van der Waals surface area contributed by atoms with Gasteiger partial charge in [0.05, 0.1) is 26.4 Å². The minimum atomic E-state index is -0.0572. The smallest absolute Gasteiger partial charge is 0.306 e. The second-order valence-corrected chi connectivity index (χ2v) is 30.2. The van der Waals surface area contributed by atoms with E-state index in [-0.39, 0.29) is 49.3 Å². The topological polar surface area (TPSA) is 152 Å². The summed E-state index contributed by atoms with van der Waals surface area (Å²) in [5.74, 6) is 0.672. The summed E-state index contributed by atoms with van der Waals surface area (Å²) >= 11 is 0. The number of unbranched alkanes of at least 4 members (excludes halogenated alkanes) is 42. The summed E-state index contributed by atoms with van der Waals surface area (Å²) in [4.78, 5) is 55.5. The van der Waals surface area contributed by atoms with Gasteiger partial charge in [-0.1, -0.05) is 304 Å². The van der Waals surface area contributed by atoms with Gasteiger partial charge in [0.2, 0.25) is 0 Å².